The van der Waals surface area contributed by atoms with Crippen molar-refractivity contribution >= 4 is 21.6 Å². The molecule has 1 aliphatic heterocycles. The van der Waals surface area contributed by atoms with Gasteiger partial charge >= 0.3 is 0 Å². The van der Waals surface area contributed by atoms with Crippen molar-refractivity contribution in [2.24, 2.45) is 0 Å². The summed E-state index contributed by atoms with van der Waals surface area (Å²) in [5.74, 6) is 0.381. The van der Waals surface area contributed by atoms with E-state index in [0.717, 1.165) is 18.4 Å². The largest absolute Gasteiger partial charge is 0.480 e. The first-order valence-electron chi connectivity index (χ1n) is 10.1. The lowest BCUT2D eigenvalue weighted by atomic mass is 10.2. The number of amides is 1. The number of carbonyl (C=O) groups excluding carboxylic acids is 1. The highest BCUT2D eigenvalue weighted by Crippen LogP contribution is 2.20. The quantitative estimate of drug-likeness (QED) is 0.634. The Morgan fingerprint density at radius 2 is 1.93 bits per heavy atom. The van der Waals surface area contributed by atoms with Crippen LogP contribution < -0.4 is 14.8 Å². The van der Waals surface area contributed by atoms with Gasteiger partial charge in [-0.15, -0.1) is 0 Å². The van der Waals surface area contributed by atoms with Crippen LogP contribution in [0, 0.1) is 6.92 Å². The van der Waals surface area contributed by atoms with Gasteiger partial charge in [0.25, 0.3) is 5.91 Å². The summed E-state index contributed by atoms with van der Waals surface area (Å²) >= 11 is 0. The average Bonchev–Trinajstić information content (AvgIpc) is 3.26. The molecule has 2 aromatic rings. The summed E-state index contributed by atoms with van der Waals surface area (Å²) in [5, 5.41) is 2.79. The molecule has 0 saturated carbocycles. The normalized spacial score (nSPS) is 17.5. The summed E-state index contributed by atoms with van der Waals surface area (Å²) in [4.78, 5) is 12.8. The molecule has 0 aliphatic carbocycles. The van der Waals surface area contributed by atoms with Crippen molar-refractivity contribution in [3.63, 3.8) is 0 Å². The maximum atomic E-state index is 12.6. The van der Waals surface area contributed by atoms with Crippen molar-refractivity contribution in [1.82, 2.24) is 4.72 Å². The van der Waals surface area contributed by atoms with Crippen LogP contribution in [0.15, 0.2) is 53.4 Å². The van der Waals surface area contributed by atoms with Crippen LogP contribution in [0.3, 0.4) is 0 Å². The van der Waals surface area contributed by atoms with Crippen molar-refractivity contribution in [2.75, 3.05) is 18.5 Å². The van der Waals surface area contributed by atoms with Crippen molar-refractivity contribution in [1.29, 1.82) is 0 Å². The molecule has 0 radical (unpaired) electrons. The molecular formula is C22H28N2O5S. The minimum Gasteiger partial charge on any atom is -0.480 e. The van der Waals surface area contributed by atoms with E-state index in [2.05, 4.69) is 10.0 Å². The van der Waals surface area contributed by atoms with E-state index >= 15 is 0 Å². The van der Waals surface area contributed by atoms with Gasteiger partial charge in [-0.2, -0.15) is 0 Å². The Morgan fingerprint density at radius 1 is 1.20 bits per heavy atom. The highest BCUT2D eigenvalue weighted by Gasteiger charge is 2.21. The molecule has 0 spiro atoms. The zero-order valence-corrected chi connectivity index (χ0v) is 18.1. The fraction of sp³-hybridized carbons (Fsp3) is 0.409. The maximum absolute atomic E-state index is 12.6. The number of benzene rings is 2. The smallest absolute Gasteiger partial charge is 0.265 e. The molecule has 2 atom stereocenters. The number of anilines is 1. The third-order valence-electron chi connectivity index (χ3n) is 4.98. The molecule has 1 aliphatic rings. The van der Waals surface area contributed by atoms with Gasteiger partial charge < -0.3 is 14.8 Å². The van der Waals surface area contributed by atoms with E-state index in [4.69, 9.17) is 9.47 Å². The Morgan fingerprint density at radius 3 is 2.57 bits per heavy atom. The lowest BCUT2D eigenvalue weighted by Crippen LogP contribution is -2.33. The molecule has 0 bridgehead atoms. The van der Waals surface area contributed by atoms with Gasteiger partial charge in [-0.25, -0.2) is 13.1 Å². The zero-order chi connectivity index (χ0) is 21.6. The monoisotopic (exact) mass is 432 g/mol. The van der Waals surface area contributed by atoms with Crippen LogP contribution in [0.4, 0.5) is 5.69 Å². The van der Waals surface area contributed by atoms with Crippen molar-refractivity contribution in [2.45, 2.75) is 50.2 Å². The number of carbonyl (C=O) groups is 1. The average molecular weight is 433 g/mol. The molecule has 162 valence electrons. The van der Waals surface area contributed by atoms with Gasteiger partial charge in [0, 0.05) is 18.8 Å². The maximum Gasteiger partial charge on any atom is 0.265 e. The third kappa shape index (κ3) is 5.81. The molecule has 1 fully saturated rings. The molecule has 1 saturated heterocycles. The Labute approximate surface area is 177 Å². The molecule has 2 N–H and O–H groups in total. The topological polar surface area (TPSA) is 93.7 Å². The number of aryl methyl sites for hydroxylation is 1. The third-order valence-corrected chi connectivity index (χ3v) is 6.42. The first-order valence-corrected chi connectivity index (χ1v) is 11.6. The number of rotatable bonds is 9. The summed E-state index contributed by atoms with van der Waals surface area (Å²) in [6.07, 6.45) is 1.59. The fourth-order valence-electron chi connectivity index (χ4n) is 3.20. The molecule has 1 amide bonds. The molecule has 7 nitrogen and oxygen atoms in total. The van der Waals surface area contributed by atoms with E-state index < -0.39 is 16.1 Å². The van der Waals surface area contributed by atoms with E-state index in [0.29, 0.717) is 24.5 Å². The predicted molar refractivity (Wildman–Crippen MR) is 115 cm³/mol. The van der Waals surface area contributed by atoms with Crippen LogP contribution in [0.5, 0.6) is 5.75 Å². The Bertz CT molecular complexity index is 954. The SMILES string of the molecule is CCC(Oc1ccccc1C)C(=O)Nc1ccc(S(=O)(=O)NCC2CCCO2)cc1. The van der Waals surface area contributed by atoms with Gasteiger partial charge in [0.05, 0.1) is 11.0 Å². The summed E-state index contributed by atoms with van der Waals surface area (Å²) in [6.45, 7) is 4.73. The lowest BCUT2D eigenvalue weighted by molar-refractivity contribution is -0.122. The number of hydrogen-bond acceptors (Lipinski definition) is 5. The number of sulfonamides is 1. The summed E-state index contributed by atoms with van der Waals surface area (Å²) in [5.41, 5.74) is 1.46. The highest BCUT2D eigenvalue weighted by molar-refractivity contribution is 7.89. The molecule has 2 unspecified atom stereocenters. The number of nitrogens with one attached hydrogen (secondary N) is 2. The Hall–Kier alpha value is -2.42. The van der Waals surface area contributed by atoms with E-state index in [1.54, 1.807) is 12.1 Å². The number of para-hydroxylation sites is 1. The molecular weight excluding hydrogens is 404 g/mol. The highest BCUT2D eigenvalue weighted by atomic mass is 32.2. The molecule has 1 heterocycles. The minimum atomic E-state index is -3.63. The fourth-order valence-corrected chi connectivity index (χ4v) is 4.26. The second kappa shape index (κ2) is 10.1. The van der Waals surface area contributed by atoms with Crippen molar-refractivity contribution in [3.05, 3.63) is 54.1 Å². The van der Waals surface area contributed by atoms with Crippen LogP contribution in [-0.4, -0.2) is 39.7 Å². The standard InChI is InChI=1S/C22H28N2O5S/c1-3-20(29-21-9-5-4-7-16(21)2)22(25)24-17-10-12-19(13-11-17)30(26,27)23-15-18-8-6-14-28-18/h4-5,7,9-13,18,20,23H,3,6,8,14-15H2,1-2H3,(H,24,25). The van der Waals surface area contributed by atoms with Crippen LogP contribution in [0.1, 0.15) is 31.7 Å². The van der Waals surface area contributed by atoms with Gasteiger partial charge in [-0.1, -0.05) is 25.1 Å². The molecule has 2 aromatic carbocycles. The molecule has 3 rings (SSSR count). The van der Waals surface area contributed by atoms with Crippen LogP contribution in [0.25, 0.3) is 0 Å². The van der Waals surface area contributed by atoms with E-state index in [1.165, 1.54) is 12.1 Å². The molecule has 30 heavy (non-hydrogen) atoms. The zero-order valence-electron chi connectivity index (χ0n) is 17.3. The first kappa shape index (κ1) is 22.3. The van der Waals surface area contributed by atoms with Gasteiger partial charge in [-0.3, -0.25) is 4.79 Å². The Kier molecular flexibility index (Phi) is 7.47. The molecule has 8 heteroatoms. The first-order chi connectivity index (χ1) is 14.4. The second-order valence-corrected chi connectivity index (χ2v) is 9.05. The van der Waals surface area contributed by atoms with Gasteiger partial charge in [0.1, 0.15) is 5.75 Å². The second-order valence-electron chi connectivity index (χ2n) is 7.28. The van der Waals surface area contributed by atoms with E-state index in [1.807, 2.05) is 38.1 Å². The lowest BCUT2D eigenvalue weighted by Gasteiger charge is -2.18. The minimum absolute atomic E-state index is 0.0717. The molecule has 0 aromatic heterocycles. The van der Waals surface area contributed by atoms with Crippen LogP contribution in [-0.2, 0) is 19.6 Å². The summed E-state index contributed by atoms with van der Waals surface area (Å²) in [7, 11) is -3.63. The summed E-state index contributed by atoms with van der Waals surface area (Å²) in [6, 6.07) is 13.6. The van der Waals surface area contributed by atoms with Gasteiger partial charge in [-0.05, 0) is 62.1 Å². The number of ether oxygens (including phenoxy) is 2. The van der Waals surface area contributed by atoms with E-state index in [9.17, 15) is 13.2 Å². The van der Waals surface area contributed by atoms with Crippen molar-refractivity contribution < 1.29 is 22.7 Å². The van der Waals surface area contributed by atoms with Crippen molar-refractivity contribution in [3.8, 4) is 5.75 Å². The van der Waals surface area contributed by atoms with E-state index in [-0.39, 0.29) is 23.5 Å². The van der Waals surface area contributed by atoms with Gasteiger partial charge in [0.2, 0.25) is 10.0 Å². The van der Waals surface area contributed by atoms with Crippen LogP contribution >= 0.6 is 0 Å². The predicted octanol–water partition coefficient (Wildman–Crippen LogP) is 3.25. The van der Waals surface area contributed by atoms with Gasteiger partial charge in [0.15, 0.2) is 6.10 Å². The summed E-state index contributed by atoms with van der Waals surface area (Å²) < 4.78 is 38.8. The number of hydrogen-bond donors (Lipinski definition) is 2. The Balaban J connectivity index is 1.59. The van der Waals surface area contributed by atoms with Crippen LogP contribution in [0.2, 0.25) is 0 Å².